The van der Waals surface area contributed by atoms with Crippen LogP contribution in [0.15, 0.2) is 30.3 Å². The summed E-state index contributed by atoms with van der Waals surface area (Å²) < 4.78 is 8.07. The first-order valence-corrected chi connectivity index (χ1v) is 10.9. The lowest BCUT2D eigenvalue weighted by Gasteiger charge is -2.44. The van der Waals surface area contributed by atoms with Gasteiger partial charge in [0.1, 0.15) is 5.69 Å². The predicted octanol–water partition coefficient (Wildman–Crippen LogP) is 3.22. The molecule has 2 aliphatic heterocycles. The zero-order chi connectivity index (χ0) is 19.7. The first-order valence-electron chi connectivity index (χ1n) is 10.9. The fourth-order valence-corrected chi connectivity index (χ4v) is 5.12. The molecule has 1 atom stereocenters. The van der Waals surface area contributed by atoms with Gasteiger partial charge in [0.2, 0.25) is 0 Å². The molecule has 3 heterocycles. The number of carbonyl (C=O) groups excluding carboxylic acids is 1. The van der Waals surface area contributed by atoms with E-state index < -0.39 is 0 Å². The van der Waals surface area contributed by atoms with E-state index in [2.05, 4.69) is 15.6 Å². The van der Waals surface area contributed by atoms with Crippen LogP contribution in [0.1, 0.15) is 56.3 Å². The highest BCUT2D eigenvalue weighted by Gasteiger charge is 2.39. The molecular weight excluding hydrogens is 366 g/mol. The van der Waals surface area contributed by atoms with Crippen molar-refractivity contribution >= 4 is 6.03 Å². The standard InChI is InChI=1S/C22H29N5O2/c28-21(23-17-10-14-29-22(15-17)11-5-2-6-12-22)26-13-9-20-19(16-26)24-25-27(20)18-7-3-1-4-8-18/h1,3-4,7-8,17H,2,5-6,9-16H2,(H,23,28). The van der Waals surface area contributed by atoms with Crippen LogP contribution >= 0.6 is 0 Å². The van der Waals surface area contributed by atoms with Crippen LogP contribution in [0.25, 0.3) is 5.69 Å². The van der Waals surface area contributed by atoms with Crippen molar-refractivity contribution in [2.24, 2.45) is 0 Å². The second kappa shape index (κ2) is 7.78. The summed E-state index contributed by atoms with van der Waals surface area (Å²) in [6, 6.07) is 10.3. The van der Waals surface area contributed by atoms with Gasteiger partial charge in [-0.3, -0.25) is 0 Å². The van der Waals surface area contributed by atoms with Crippen LogP contribution in [-0.4, -0.2) is 50.7 Å². The normalized spacial score (nSPS) is 23.6. The Morgan fingerprint density at radius 3 is 2.83 bits per heavy atom. The van der Waals surface area contributed by atoms with Crippen molar-refractivity contribution in [3.05, 3.63) is 41.7 Å². The summed E-state index contributed by atoms with van der Waals surface area (Å²) in [4.78, 5) is 14.8. The fourth-order valence-electron chi connectivity index (χ4n) is 5.12. The number of para-hydroxylation sites is 1. The molecule has 1 spiro atoms. The molecule has 1 aliphatic carbocycles. The number of aromatic nitrogens is 3. The van der Waals surface area contributed by atoms with E-state index in [0.717, 1.165) is 55.8 Å². The highest BCUT2D eigenvalue weighted by atomic mass is 16.5. The number of fused-ring (bicyclic) bond motifs is 1. The average molecular weight is 396 g/mol. The molecular formula is C22H29N5O2. The van der Waals surface area contributed by atoms with Gasteiger partial charge >= 0.3 is 6.03 Å². The van der Waals surface area contributed by atoms with E-state index >= 15 is 0 Å². The van der Waals surface area contributed by atoms with Crippen LogP contribution in [0.3, 0.4) is 0 Å². The van der Waals surface area contributed by atoms with Gasteiger partial charge in [0, 0.05) is 25.6 Å². The van der Waals surface area contributed by atoms with E-state index in [4.69, 9.17) is 4.74 Å². The Balaban J connectivity index is 1.23. The molecule has 1 saturated carbocycles. The lowest BCUT2D eigenvalue weighted by molar-refractivity contribution is -0.108. The number of nitrogens with zero attached hydrogens (tertiary/aromatic N) is 4. The number of urea groups is 1. The van der Waals surface area contributed by atoms with Gasteiger partial charge in [0.15, 0.2) is 0 Å². The molecule has 0 bridgehead atoms. The maximum absolute atomic E-state index is 12.9. The van der Waals surface area contributed by atoms with Gasteiger partial charge in [-0.25, -0.2) is 9.48 Å². The second-order valence-electron chi connectivity index (χ2n) is 8.63. The van der Waals surface area contributed by atoms with Crippen LogP contribution in [-0.2, 0) is 17.7 Å². The van der Waals surface area contributed by atoms with E-state index in [-0.39, 0.29) is 17.7 Å². The molecule has 1 aromatic heterocycles. The summed E-state index contributed by atoms with van der Waals surface area (Å²) in [5, 5.41) is 12.0. The van der Waals surface area contributed by atoms with Gasteiger partial charge < -0.3 is 15.0 Å². The average Bonchev–Trinajstić information content (AvgIpc) is 3.18. The van der Waals surface area contributed by atoms with Gasteiger partial charge in [-0.1, -0.05) is 42.7 Å². The number of hydrogen-bond donors (Lipinski definition) is 1. The van der Waals surface area contributed by atoms with Crippen LogP contribution in [0.2, 0.25) is 0 Å². The maximum atomic E-state index is 12.9. The number of hydrogen-bond acceptors (Lipinski definition) is 4. The van der Waals surface area contributed by atoms with Crippen molar-refractivity contribution in [3.8, 4) is 5.69 Å². The summed E-state index contributed by atoms with van der Waals surface area (Å²) in [5.41, 5.74) is 3.01. The Morgan fingerprint density at radius 1 is 1.17 bits per heavy atom. The third-order valence-electron chi connectivity index (χ3n) is 6.68. The summed E-state index contributed by atoms with van der Waals surface area (Å²) in [5.74, 6) is 0. The summed E-state index contributed by atoms with van der Waals surface area (Å²) in [6.45, 7) is 1.95. The van der Waals surface area contributed by atoms with Crippen molar-refractivity contribution in [1.82, 2.24) is 25.2 Å². The zero-order valence-electron chi connectivity index (χ0n) is 16.8. The van der Waals surface area contributed by atoms with E-state index in [1.165, 1.54) is 19.3 Å². The minimum absolute atomic E-state index is 0.00188. The number of ether oxygens (including phenoxy) is 1. The summed E-state index contributed by atoms with van der Waals surface area (Å²) in [6.07, 6.45) is 8.67. The first-order chi connectivity index (χ1) is 14.2. The van der Waals surface area contributed by atoms with E-state index in [0.29, 0.717) is 13.1 Å². The lowest BCUT2D eigenvalue weighted by atomic mass is 9.78. The van der Waals surface area contributed by atoms with Gasteiger partial charge in [0.05, 0.1) is 23.5 Å². The van der Waals surface area contributed by atoms with Gasteiger partial charge in [-0.15, -0.1) is 5.10 Å². The Hall–Kier alpha value is -2.41. The molecule has 1 saturated heterocycles. The third kappa shape index (κ3) is 3.75. The lowest BCUT2D eigenvalue weighted by Crippen LogP contribution is -2.53. The molecule has 0 radical (unpaired) electrons. The number of carbonyl (C=O) groups is 1. The van der Waals surface area contributed by atoms with Gasteiger partial charge in [0.25, 0.3) is 0 Å². The maximum Gasteiger partial charge on any atom is 0.317 e. The highest BCUT2D eigenvalue weighted by Crippen LogP contribution is 2.38. The number of rotatable bonds is 2. The Labute approximate surface area is 171 Å². The zero-order valence-corrected chi connectivity index (χ0v) is 16.8. The number of benzene rings is 1. The van der Waals surface area contributed by atoms with E-state index in [9.17, 15) is 4.79 Å². The smallest absolute Gasteiger partial charge is 0.317 e. The Kier molecular flexibility index (Phi) is 4.99. The minimum atomic E-state index is 0.00188. The molecule has 7 nitrogen and oxygen atoms in total. The Morgan fingerprint density at radius 2 is 2.00 bits per heavy atom. The molecule has 7 heteroatoms. The summed E-state index contributed by atoms with van der Waals surface area (Å²) >= 11 is 0. The van der Waals surface area contributed by atoms with Gasteiger partial charge in [-0.05, 0) is 37.8 Å². The topological polar surface area (TPSA) is 72.3 Å². The van der Waals surface area contributed by atoms with E-state index in [1.807, 2.05) is 39.9 Å². The van der Waals surface area contributed by atoms with Crippen molar-refractivity contribution in [2.45, 2.75) is 69.6 Å². The van der Waals surface area contributed by atoms with Gasteiger partial charge in [-0.2, -0.15) is 0 Å². The number of amides is 2. The highest BCUT2D eigenvalue weighted by molar-refractivity contribution is 5.74. The monoisotopic (exact) mass is 395 g/mol. The van der Waals surface area contributed by atoms with Crippen LogP contribution < -0.4 is 5.32 Å². The van der Waals surface area contributed by atoms with Crippen molar-refractivity contribution in [3.63, 3.8) is 0 Å². The van der Waals surface area contributed by atoms with Crippen molar-refractivity contribution < 1.29 is 9.53 Å². The molecule has 2 fully saturated rings. The molecule has 2 amide bonds. The second-order valence-corrected chi connectivity index (χ2v) is 8.63. The molecule has 1 unspecified atom stereocenters. The van der Waals surface area contributed by atoms with Crippen LogP contribution in [0.5, 0.6) is 0 Å². The van der Waals surface area contributed by atoms with E-state index in [1.54, 1.807) is 0 Å². The SMILES string of the molecule is O=C(NC1CCOC2(CCCCC2)C1)N1CCc2c(nnn2-c2ccccc2)C1. The molecule has 1 N–H and O–H groups in total. The van der Waals surface area contributed by atoms with Crippen LogP contribution in [0.4, 0.5) is 4.79 Å². The molecule has 154 valence electrons. The van der Waals surface area contributed by atoms with Crippen molar-refractivity contribution in [2.75, 3.05) is 13.2 Å². The quantitative estimate of drug-likeness (QED) is 0.847. The third-order valence-corrected chi connectivity index (χ3v) is 6.68. The molecule has 2 aromatic rings. The summed E-state index contributed by atoms with van der Waals surface area (Å²) in [7, 11) is 0. The fraction of sp³-hybridized carbons (Fsp3) is 0.591. The minimum Gasteiger partial charge on any atom is -0.375 e. The predicted molar refractivity (Wildman–Crippen MR) is 109 cm³/mol. The molecule has 3 aliphatic rings. The van der Waals surface area contributed by atoms with Crippen LogP contribution in [0, 0.1) is 0 Å². The van der Waals surface area contributed by atoms with Crippen molar-refractivity contribution in [1.29, 1.82) is 0 Å². The molecule has 1 aromatic carbocycles. The molecule has 5 rings (SSSR count). The largest absolute Gasteiger partial charge is 0.375 e. The first kappa shape index (κ1) is 18.6. The Bertz CT molecular complexity index is 854. The molecule has 29 heavy (non-hydrogen) atoms. The number of nitrogens with one attached hydrogen (secondary N) is 1.